The molecule has 132 valence electrons. The average molecular weight is 351 g/mol. The first-order valence-electron chi connectivity index (χ1n) is 7.71. The summed E-state index contributed by atoms with van der Waals surface area (Å²) < 4.78 is 9.72. The molecule has 1 amide bonds. The van der Waals surface area contributed by atoms with Crippen LogP contribution in [0.15, 0.2) is 54.4 Å². The largest absolute Gasteiger partial charge is 0.482 e. The van der Waals surface area contributed by atoms with Crippen LogP contribution in [0.2, 0.25) is 0 Å². The van der Waals surface area contributed by atoms with E-state index in [9.17, 15) is 14.9 Å². The van der Waals surface area contributed by atoms with Crippen molar-refractivity contribution in [2.24, 2.45) is 0 Å². The molecular weight excluding hydrogens is 334 g/mol. The van der Waals surface area contributed by atoms with Gasteiger partial charge in [0.05, 0.1) is 7.11 Å². The second-order valence-corrected chi connectivity index (χ2v) is 5.15. The molecule has 26 heavy (non-hydrogen) atoms. The van der Waals surface area contributed by atoms with Crippen LogP contribution >= 0.6 is 0 Å². The molecule has 0 unspecified atom stereocenters. The number of carbonyl (C=O) groups excluding carboxylic acids is 2. The van der Waals surface area contributed by atoms with Crippen LogP contribution < -0.4 is 10.1 Å². The van der Waals surface area contributed by atoms with E-state index >= 15 is 0 Å². The zero-order valence-electron chi connectivity index (χ0n) is 14.1. The molecule has 0 radical (unpaired) electrons. The number of hydrogen-bond donors (Lipinski definition) is 1. The molecule has 1 heterocycles. The maximum absolute atomic E-state index is 12.1. The Kier molecular flexibility index (Phi) is 6.89. The standard InChI is InChI=1S/C19H17N3O4/c1-25-18(23)13-26-17-6-4-14(5-7-17)9-16(10-20)19(24)22-12-15-3-2-8-21-11-15/h2-9,11H,12-13H2,1H3,(H,22,24)/b16-9+. The second-order valence-electron chi connectivity index (χ2n) is 5.15. The van der Waals surface area contributed by atoms with Gasteiger partial charge in [0.25, 0.3) is 5.91 Å². The van der Waals surface area contributed by atoms with Gasteiger partial charge in [-0.25, -0.2) is 4.79 Å². The normalized spacial score (nSPS) is 10.5. The van der Waals surface area contributed by atoms with Crippen molar-refractivity contribution in [1.29, 1.82) is 5.26 Å². The van der Waals surface area contributed by atoms with Gasteiger partial charge in [0.15, 0.2) is 6.61 Å². The van der Waals surface area contributed by atoms with E-state index < -0.39 is 11.9 Å². The van der Waals surface area contributed by atoms with Crippen LogP contribution in [0.1, 0.15) is 11.1 Å². The number of aromatic nitrogens is 1. The predicted molar refractivity (Wildman–Crippen MR) is 93.6 cm³/mol. The summed E-state index contributed by atoms with van der Waals surface area (Å²) in [5, 5.41) is 11.9. The Balaban J connectivity index is 1.97. The molecule has 0 fully saturated rings. The smallest absolute Gasteiger partial charge is 0.343 e. The number of rotatable bonds is 7. The molecule has 0 atom stereocenters. The van der Waals surface area contributed by atoms with Gasteiger partial charge in [0.1, 0.15) is 17.4 Å². The van der Waals surface area contributed by atoms with E-state index in [1.54, 1.807) is 42.7 Å². The minimum atomic E-state index is -0.481. The Labute approximate surface area is 150 Å². The third-order valence-corrected chi connectivity index (χ3v) is 3.32. The van der Waals surface area contributed by atoms with Crippen molar-refractivity contribution in [2.75, 3.05) is 13.7 Å². The Morgan fingerprint density at radius 1 is 1.27 bits per heavy atom. The molecule has 1 aromatic carbocycles. The Morgan fingerprint density at radius 3 is 2.65 bits per heavy atom. The Bertz CT molecular complexity index is 824. The van der Waals surface area contributed by atoms with Gasteiger partial charge in [-0.1, -0.05) is 18.2 Å². The minimum absolute atomic E-state index is 0.0166. The molecule has 1 N–H and O–H groups in total. The van der Waals surface area contributed by atoms with E-state index in [0.29, 0.717) is 11.3 Å². The highest BCUT2D eigenvalue weighted by Gasteiger charge is 2.09. The molecule has 0 aliphatic heterocycles. The average Bonchev–Trinajstić information content (AvgIpc) is 2.70. The van der Waals surface area contributed by atoms with Gasteiger partial charge in [-0.15, -0.1) is 0 Å². The number of carbonyl (C=O) groups is 2. The van der Waals surface area contributed by atoms with Gasteiger partial charge in [0.2, 0.25) is 0 Å². The fourth-order valence-electron chi connectivity index (χ4n) is 1.96. The number of benzene rings is 1. The maximum Gasteiger partial charge on any atom is 0.343 e. The van der Waals surface area contributed by atoms with Crippen LogP contribution in [0.4, 0.5) is 0 Å². The Hall–Kier alpha value is -3.66. The number of nitrogens with one attached hydrogen (secondary N) is 1. The third-order valence-electron chi connectivity index (χ3n) is 3.32. The first-order chi connectivity index (χ1) is 12.6. The molecule has 0 aliphatic rings. The third kappa shape index (κ3) is 5.76. The molecule has 0 saturated heterocycles. The highest BCUT2D eigenvalue weighted by Crippen LogP contribution is 2.14. The molecule has 0 saturated carbocycles. The van der Waals surface area contributed by atoms with E-state index in [1.807, 2.05) is 12.1 Å². The number of nitrogens with zero attached hydrogens (tertiary/aromatic N) is 2. The summed E-state index contributed by atoms with van der Waals surface area (Å²) in [5.74, 6) is -0.472. The van der Waals surface area contributed by atoms with Gasteiger partial charge in [-0.3, -0.25) is 9.78 Å². The number of ether oxygens (including phenoxy) is 2. The maximum atomic E-state index is 12.1. The Morgan fingerprint density at radius 2 is 2.04 bits per heavy atom. The van der Waals surface area contributed by atoms with E-state index in [0.717, 1.165) is 5.56 Å². The van der Waals surface area contributed by atoms with Crippen molar-refractivity contribution in [3.05, 3.63) is 65.5 Å². The molecule has 0 aliphatic carbocycles. The van der Waals surface area contributed by atoms with Crippen LogP contribution in [-0.2, 0) is 20.9 Å². The quantitative estimate of drug-likeness (QED) is 0.464. The second kappa shape index (κ2) is 9.59. The van der Waals surface area contributed by atoms with Crippen molar-refractivity contribution >= 4 is 18.0 Å². The van der Waals surface area contributed by atoms with Crippen LogP contribution in [0.3, 0.4) is 0 Å². The van der Waals surface area contributed by atoms with Crippen LogP contribution in [-0.4, -0.2) is 30.6 Å². The molecule has 0 bridgehead atoms. The summed E-state index contributed by atoms with van der Waals surface area (Å²) >= 11 is 0. The van der Waals surface area contributed by atoms with Gasteiger partial charge >= 0.3 is 5.97 Å². The van der Waals surface area contributed by atoms with Gasteiger partial charge in [-0.2, -0.15) is 5.26 Å². The summed E-state index contributed by atoms with van der Waals surface area (Å²) in [6.07, 6.45) is 4.76. The number of hydrogen-bond acceptors (Lipinski definition) is 6. The summed E-state index contributed by atoms with van der Waals surface area (Å²) in [7, 11) is 1.28. The van der Waals surface area contributed by atoms with Crippen LogP contribution in [0.25, 0.3) is 6.08 Å². The monoisotopic (exact) mass is 351 g/mol. The summed E-state index contributed by atoms with van der Waals surface area (Å²) in [6, 6.07) is 12.1. The lowest BCUT2D eigenvalue weighted by Gasteiger charge is -2.06. The molecule has 0 spiro atoms. The van der Waals surface area contributed by atoms with E-state index in [-0.39, 0.29) is 18.7 Å². The number of methoxy groups -OCH3 is 1. The van der Waals surface area contributed by atoms with E-state index in [2.05, 4.69) is 15.0 Å². The molecule has 7 heteroatoms. The lowest BCUT2D eigenvalue weighted by molar-refractivity contribution is -0.142. The van der Waals surface area contributed by atoms with Crippen LogP contribution in [0.5, 0.6) is 5.75 Å². The molecule has 2 rings (SSSR count). The van der Waals surface area contributed by atoms with Crippen molar-refractivity contribution < 1.29 is 19.1 Å². The lowest BCUT2D eigenvalue weighted by Crippen LogP contribution is -2.23. The minimum Gasteiger partial charge on any atom is -0.482 e. The molecule has 2 aromatic rings. The highest BCUT2D eigenvalue weighted by molar-refractivity contribution is 6.01. The summed E-state index contributed by atoms with van der Waals surface area (Å²) in [6.45, 7) is 0.0951. The van der Waals surface area contributed by atoms with Crippen molar-refractivity contribution in [2.45, 2.75) is 6.54 Å². The predicted octanol–water partition coefficient (Wildman–Crippen LogP) is 1.86. The number of esters is 1. The lowest BCUT2D eigenvalue weighted by atomic mass is 10.1. The molecular formula is C19H17N3O4. The SMILES string of the molecule is COC(=O)COc1ccc(/C=C(\C#N)C(=O)NCc2cccnc2)cc1. The zero-order valence-corrected chi connectivity index (χ0v) is 14.1. The molecule has 7 nitrogen and oxygen atoms in total. The number of amides is 1. The van der Waals surface area contributed by atoms with Gasteiger partial charge in [-0.05, 0) is 35.4 Å². The number of nitriles is 1. The topological polar surface area (TPSA) is 101 Å². The van der Waals surface area contributed by atoms with E-state index in [1.165, 1.54) is 13.2 Å². The van der Waals surface area contributed by atoms with Gasteiger partial charge < -0.3 is 14.8 Å². The first kappa shape index (κ1) is 18.7. The summed E-state index contributed by atoms with van der Waals surface area (Å²) in [5.41, 5.74) is 1.48. The van der Waals surface area contributed by atoms with Crippen molar-refractivity contribution in [3.8, 4) is 11.8 Å². The summed E-state index contributed by atoms with van der Waals surface area (Å²) in [4.78, 5) is 27.1. The van der Waals surface area contributed by atoms with Crippen molar-refractivity contribution in [1.82, 2.24) is 10.3 Å². The van der Waals surface area contributed by atoms with Crippen molar-refractivity contribution in [3.63, 3.8) is 0 Å². The zero-order chi connectivity index (χ0) is 18.8. The number of pyridine rings is 1. The van der Waals surface area contributed by atoms with Gasteiger partial charge in [0, 0.05) is 18.9 Å². The van der Waals surface area contributed by atoms with Crippen LogP contribution in [0, 0.1) is 11.3 Å². The fourth-order valence-corrected chi connectivity index (χ4v) is 1.96. The molecule has 1 aromatic heterocycles. The van der Waals surface area contributed by atoms with E-state index in [4.69, 9.17) is 4.74 Å². The highest BCUT2D eigenvalue weighted by atomic mass is 16.6. The fraction of sp³-hybridized carbons (Fsp3) is 0.158. The first-order valence-corrected chi connectivity index (χ1v) is 7.71.